The van der Waals surface area contributed by atoms with Gasteiger partial charge in [0, 0.05) is 57.1 Å². The number of nitrogens with two attached hydrogens (primary N) is 1. The maximum atomic E-state index is 14.3. The first kappa shape index (κ1) is 27.2. The van der Waals surface area contributed by atoms with Gasteiger partial charge in [0.05, 0.1) is 19.0 Å². The number of benzene rings is 1. The van der Waals surface area contributed by atoms with Crippen molar-refractivity contribution in [1.29, 1.82) is 0 Å². The number of hydrogen-bond donors (Lipinski definition) is 1. The maximum Gasteiger partial charge on any atom is 0.324 e. The molecule has 10 nitrogen and oxygen atoms in total. The summed E-state index contributed by atoms with van der Waals surface area (Å²) in [6.45, 7) is 6.91. The quantitative estimate of drug-likeness (QED) is 0.430. The maximum absolute atomic E-state index is 14.3. The van der Waals surface area contributed by atoms with E-state index < -0.39 is 11.6 Å². The number of nitrogens with zero attached hydrogens (tertiary/aromatic N) is 6. The molecule has 0 amide bonds. The first-order chi connectivity index (χ1) is 18.8. The molecular weight excluding hydrogens is 508 g/mol. The molecule has 2 fully saturated rings. The van der Waals surface area contributed by atoms with Gasteiger partial charge >= 0.3 is 6.01 Å². The summed E-state index contributed by atoms with van der Waals surface area (Å²) in [5.74, 6) is 0.897. The lowest BCUT2D eigenvalue weighted by atomic mass is 9.91. The van der Waals surface area contributed by atoms with E-state index in [1.54, 1.807) is 19.5 Å². The van der Waals surface area contributed by atoms with Crippen LogP contribution in [0, 0.1) is 17.6 Å². The van der Waals surface area contributed by atoms with Gasteiger partial charge in [0.1, 0.15) is 17.7 Å². The second-order valence-corrected chi connectivity index (χ2v) is 10.6. The van der Waals surface area contributed by atoms with Gasteiger partial charge in [-0.15, -0.1) is 0 Å². The number of hydrogen-bond acceptors (Lipinski definition) is 10. The van der Waals surface area contributed by atoms with Gasteiger partial charge in [0.2, 0.25) is 5.95 Å². The van der Waals surface area contributed by atoms with Crippen molar-refractivity contribution >= 4 is 12.0 Å². The third-order valence-electron chi connectivity index (χ3n) is 7.52. The Morgan fingerprint density at radius 1 is 1.10 bits per heavy atom. The zero-order chi connectivity index (χ0) is 27.5. The van der Waals surface area contributed by atoms with Crippen molar-refractivity contribution in [3.63, 3.8) is 0 Å². The molecule has 3 aromatic rings. The summed E-state index contributed by atoms with van der Waals surface area (Å²) < 4.78 is 45.3. The van der Waals surface area contributed by atoms with Crippen molar-refractivity contribution in [3.8, 4) is 5.75 Å². The summed E-state index contributed by atoms with van der Waals surface area (Å²) >= 11 is 0. The number of rotatable bonds is 9. The Hall–Kier alpha value is -3.38. The molecule has 0 bridgehead atoms. The lowest BCUT2D eigenvalue weighted by molar-refractivity contribution is 0.0340. The average molecular weight is 544 g/mol. The molecule has 2 aliphatic heterocycles. The second-order valence-electron chi connectivity index (χ2n) is 10.6. The molecule has 1 unspecified atom stereocenters. The van der Waals surface area contributed by atoms with Crippen molar-refractivity contribution in [1.82, 2.24) is 20.1 Å². The normalized spacial score (nSPS) is 21.1. The zero-order valence-electron chi connectivity index (χ0n) is 22.5. The lowest BCUT2D eigenvalue weighted by Gasteiger charge is -2.34. The largest absolute Gasteiger partial charge is 0.484 e. The SMILES string of the molecule is COCC(Oc1cnc(N2C[C@H](c3cc(F)ccc3F)[C@@H](N)C2)nc1)C1CCN(c2nc(C(C)C)no2)CC1. The van der Waals surface area contributed by atoms with Crippen molar-refractivity contribution in [2.24, 2.45) is 11.7 Å². The molecule has 0 spiro atoms. The van der Waals surface area contributed by atoms with Crippen LogP contribution >= 0.6 is 0 Å². The van der Waals surface area contributed by atoms with Gasteiger partial charge in [0.15, 0.2) is 11.6 Å². The molecule has 2 N–H and O–H groups in total. The highest BCUT2D eigenvalue weighted by Gasteiger charge is 2.35. The minimum absolute atomic E-state index is 0.166. The summed E-state index contributed by atoms with van der Waals surface area (Å²) in [5.41, 5.74) is 6.56. The Balaban J connectivity index is 1.19. The molecule has 3 atom stereocenters. The van der Waals surface area contributed by atoms with Crippen LogP contribution in [0.2, 0.25) is 0 Å². The van der Waals surface area contributed by atoms with E-state index in [1.807, 2.05) is 18.7 Å². The van der Waals surface area contributed by atoms with Crippen molar-refractivity contribution in [3.05, 3.63) is 53.6 Å². The Labute approximate surface area is 226 Å². The summed E-state index contributed by atoms with van der Waals surface area (Å²) in [5, 5.41) is 4.07. The van der Waals surface area contributed by atoms with Crippen LogP contribution in [0.1, 0.15) is 49.9 Å². The minimum atomic E-state index is -0.485. The molecule has 0 radical (unpaired) electrons. The van der Waals surface area contributed by atoms with E-state index in [4.69, 9.17) is 19.7 Å². The van der Waals surface area contributed by atoms with E-state index in [1.165, 1.54) is 6.07 Å². The van der Waals surface area contributed by atoms with Gasteiger partial charge in [-0.3, -0.25) is 0 Å². The molecule has 5 rings (SSSR count). The summed E-state index contributed by atoms with van der Waals surface area (Å²) in [6.07, 6.45) is 4.87. The fourth-order valence-electron chi connectivity index (χ4n) is 5.31. The van der Waals surface area contributed by atoms with Crippen LogP contribution in [-0.4, -0.2) is 72.2 Å². The molecule has 0 saturated carbocycles. The molecular formula is C27H35F2N7O3. The smallest absolute Gasteiger partial charge is 0.324 e. The molecule has 4 heterocycles. The molecule has 0 aliphatic carbocycles. The molecule has 2 aromatic heterocycles. The minimum Gasteiger partial charge on any atom is -0.484 e. The van der Waals surface area contributed by atoms with E-state index in [-0.39, 0.29) is 35.5 Å². The number of methoxy groups -OCH3 is 1. The number of halogens is 2. The van der Waals surface area contributed by atoms with E-state index in [0.29, 0.717) is 43.2 Å². The standard InChI is InChI=1S/C27H35F2N7O3/c1-16(2)25-33-27(39-34-25)35-8-6-17(7-9-35)24(15-37-3)38-19-11-31-26(32-12-19)36-13-21(23(30)14-36)20-10-18(28)4-5-22(20)29/h4-5,10-12,16-17,21,23-24H,6-9,13-15,30H2,1-3H3/t21-,23+,24?/m1/s1. The first-order valence-electron chi connectivity index (χ1n) is 13.3. The molecule has 2 aliphatic rings. The van der Waals surface area contributed by atoms with E-state index in [0.717, 1.165) is 38.1 Å². The van der Waals surface area contributed by atoms with Crippen molar-refractivity contribution in [2.45, 2.75) is 50.7 Å². The van der Waals surface area contributed by atoms with Crippen LogP contribution in [0.5, 0.6) is 5.75 Å². The highest BCUT2D eigenvalue weighted by molar-refractivity contribution is 5.39. The van der Waals surface area contributed by atoms with Crippen molar-refractivity contribution in [2.75, 3.05) is 49.7 Å². The van der Waals surface area contributed by atoms with Crippen LogP contribution in [0.25, 0.3) is 0 Å². The van der Waals surface area contributed by atoms with Crippen LogP contribution < -0.4 is 20.3 Å². The average Bonchev–Trinajstić information content (AvgIpc) is 3.58. The Kier molecular flexibility index (Phi) is 8.22. The van der Waals surface area contributed by atoms with E-state index in [2.05, 4.69) is 25.0 Å². The lowest BCUT2D eigenvalue weighted by Crippen LogP contribution is -2.41. The summed E-state index contributed by atoms with van der Waals surface area (Å²) in [4.78, 5) is 17.5. The summed E-state index contributed by atoms with van der Waals surface area (Å²) in [6, 6.07) is 3.65. The monoisotopic (exact) mass is 543 g/mol. The van der Waals surface area contributed by atoms with Gasteiger partial charge in [-0.2, -0.15) is 4.98 Å². The molecule has 12 heteroatoms. The predicted octanol–water partition coefficient (Wildman–Crippen LogP) is 3.50. The number of piperidine rings is 1. The number of ether oxygens (including phenoxy) is 2. The Bertz CT molecular complexity index is 1230. The van der Waals surface area contributed by atoms with Gasteiger partial charge < -0.3 is 29.5 Å². The van der Waals surface area contributed by atoms with Crippen LogP contribution in [0.4, 0.5) is 20.7 Å². The molecule has 39 heavy (non-hydrogen) atoms. The number of anilines is 2. The first-order valence-corrected chi connectivity index (χ1v) is 13.3. The van der Waals surface area contributed by atoms with E-state index in [9.17, 15) is 8.78 Å². The third kappa shape index (κ3) is 6.11. The van der Waals surface area contributed by atoms with E-state index >= 15 is 0 Å². The highest BCUT2D eigenvalue weighted by atomic mass is 19.1. The zero-order valence-corrected chi connectivity index (χ0v) is 22.5. The Morgan fingerprint density at radius 2 is 1.85 bits per heavy atom. The summed E-state index contributed by atoms with van der Waals surface area (Å²) in [7, 11) is 1.66. The fourth-order valence-corrected chi connectivity index (χ4v) is 5.31. The fraction of sp³-hybridized carbons (Fsp3) is 0.556. The molecule has 210 valence electrons. The molecule has 1 aromatic carbocycles. The van der Waals surface area contributed by atoms with Crippen LogP contribution in [0.3, 0.4) is 0 Å². The van der Waals surface area contributed by atoms with Gasteiger partial charge in [-0.1, -0.05) is 19.0 Å². The van der Waals surface area contributed by atoms with Gasteiger partial charge in [-0.05, 0) is 36.6 Å². The van der Waals surface area contributed by atoms with Gasteiger partial charge in [0.25, 0.3) is 0 Å². The van der Waals surface area contributed by atoms with Crippen LogP contribution in [-0.2, 0) is 4.74 Å². The number of aromatic nitrogens is 4. The Morgan fingerprint density at radius 3 is 2.51 bits per heavy atom. The third-order valence-corrected chi connectivity index (χ3v) is 7.52. The van der Waals surface area contributed by atoms with Crippen LogP contribution in [0.15, 0.2) is 35.1 Å². The molecule has 2 saturated heterocycles. The highest BCUT2D eigenvalue weighted by Crippen LogP contribution is 2.32. The predicted molar refractivity (Wildman–Crippen MR) is 141 cm³/mol. The second kappa shape index (κ2) is 11.8. The van der Waals surface area contributed by atoms with Crippen molar-refractivity contribution < 1.29 is 22.8 Å². The topological polar surface area (TPSA) is 116 Å². The van der Waals surface area contributed by atoms with Gasteiger partial charge in [-0.25, -0.2) is 18.7 Å².